The number of hydrogen-bond donors (Lipinski definition) is 0. The summed E-state index contributed by atoms with van der Waals surface area (Å²) in [5.74, 6) is 1.66. The van der Waals surface area contributed by atoms with Gasteiger partial charge in [-0.3, -0.25) is 19.7 Å². The maximum Gasteiger partial charge on any atom is 0.225 e. The fraction of sp³-hybridized carbons (Fsp3) is 0.333. The number of aliphatic imine (C=N–C) groups is 1. The van der Waals surface area contributed by atoms with Crippen LogP contribution in [-0.2, 0) is 11.3 Å². The molecule has 0 atom stereocenters. The minimum Gasteiger partial charge on any atom is -0.439 e. The van der Waals surface area contributed by atoms with Crippen molar-refractivity contribution in [2.75, 3.05) is 33.7 Å². The molecular weight excluding hydrogens is 426 g/mol. The van der Waals surface area contributed by atoms with E-state index in [1.807, 2.05) is 69.1 Å². The van der Waals surface area contributed by atoms with E-state index in [1.54, 1.807) is 4.90 Å². The van der Waals surface area contributed by atoms with Gasteiger partial charge < -0.3 is 9.64 Å². The maximum atomic E-state index is 12.2. The average Bonchev–Trinajstić information content (AvgIpc) is 3.40. The zero-order valence-electron chi connectivity index (χ0n) is 19.6. The number of benzene rings is 1. The number of hydrogen-bond acceptors (Lipinski definition) is 6. The van der Waals surface area contributed by atoms with E-state index in [1.165, 1.54) is 5.56 Å². The van der Waals surface area contributed by atoms with Crippen LogP contribution < -0.4 is 4.74 Å². The van der Waals surface area contributed by atoms with Crippen molar-refractivity contribution in [2.24, 2.45) is 10.9 Å². The summed E-state index contributed by atoms with van der Waals surface area (Å²) in [6.45, 7) is 3.42. The van der Waals surface area contributed by atoms with E-state index in [-0.39, 0.29) is 11.8 Å². The topological polar surface area (TPSA) is 70.9 Å². The Morgan fingerprint density at radius 2 is 1.94 bits per heavy atom. The first-order valence-electron chi connectivity index (χ1n) is 11.7. The molecule has 2 aromatic heterocycles. The molecule has 0 unspecified atom stereocenters. The number of fused-ring (bicyclic) bond motifs is 1. The lowest BCUT2D eigenvalue weighted by Crippen LogP contribution is -2.39. The van der Waals surface area contributed by atoms with Gasteiger partial charge in [-0.15, -0.1) is 0 Å². The van der Waals surface area contributed by atoms with Crippen LogP contribution in [0.2, 0.25) is 0 Å². The summed E-state index contributed by atoms with van der Waals surface area (Å²) in [5, 5.41) is 1.08. The number of likely N-dealkylation sites (tertiary alicyclic amines) is 1. The van der Waals surface area contributed by atoms with E-state index in [0.29, 0.717) is 18.2 Å². The second-order valence-corrected chi connectivity index (χ2v) is 9.15. The smallest absolute Gasteiger partial charge is 0.225 e. The molecule has 5 rings (SSSR count). The largest absolute Gasteiger partial charge is 0.439 e. The normalized spacial score (nSPS) is 16.6. The number of rotatable bonds is 6. The zero-order valence-corrected chi connectivity index (χ0v) is 19.6. The lowest BCUT2D eigenvalue weighted by atomic mass is 9.95. The van der Waals surface area contributed by atoms with Crippen LogP contribution in [-0.4, -0.2) is 65.6 Å². The summed E-state index contributed by atoms with van der Waals surface area (Å²) in [5.41, 5.74) is 4.30. The first-order chi connectivity index (χ1) is 16.5. The molecule has 1 fully saturated rings. The van der Waals surface area contributed by atoms with Gasteiger partial charge in [-0.2, -0.15) is 0 Å². The molecule has 1 aromatic carbocycles. The van der Waals surface area contributed by atoms with Gasteiger partial charge in [-0.05, 0) is 73.0 Å². The van der Waals surface area contributed by atoms with E-state index in [4.69, 9.17) is 4.74 Å². The van der Waals surface area contributed by atoms with Crippen LogP contribution in [0.1, 0.15) is 24.0 Å². The van der Waals surface area contributed by atoms with Gasteiger partial charge in [0.25, 0.3) is 0 Å². The van der Waals surface area contributed by atoms with Gasteiger partial charge in [0, 0.05) is 62.7 Å². The third-order valence-corrected chi connectivity index (χ3v) is 6.47. The summed E-state index contributed by atoms with van der Waals surface area (Å²) < 4.78 is 5.96. The minimum atomic E-state index is 0.152. The fourth-order valence-corrected chi connectivity index (χ4v) is 4.54. The third kappa shape index (κ3) is 4.99. The van der Waals surface area contributed by atoms with Gasteiger partial charge in [-0.1, -0.05) is 0 Å². The Hall–Kier alpha value is -3.58. The van der Waals surface area contributed by atoms with E-state index >= 15 is 0 Å². The van der Waals surface area contributed by atoms with Crippen molar-refractivity contribution in [3.63, 3.8) is 0 Å². The molecule has 0 radical (unpaired) electrons. The van der Waals surface area contributed by atoms with Crippen LogP contribution in [0.15, 0.2) is 59.9 Å². The van der Waals surface area contributed by atoms with Crippen molar-refractivity contribution in [1.82, 2.24) is 19.8 Å². The molecule has 0 bridgehead atoms. The molecule has 2 aliphatic heterocycles. The Morgan fingerprint density at radius 1 is 1.09 bits per heavy atom. The quantitative estimate of drug-likeness (QED) is 0.557. The number of carbonyl (C=O) groups excluding carboxylic acids is 1. The lowest BCUT2D eigenvalue weighted by Gasteiger charge is -2.32. The monoisotopic (exact) mass is 455 g/mol. The van der Waals surface area contributed by atoms with E-state index in [2.05, 4.69) is 25.9 Å². The average molecular weight is 456 g/mol. The number of amides is 1. The van der Waals surface area contributed by atoms with Gasteiger partial charge >= 0.3 is 0 Å². The Labute approximate surface area is 199 Å². The van der Waals surface area contributed by atoms with E-state index < -0.39 is 0 Å². The van der Waals surface area contributed by atoms with E-state index in [9.17, 15) is 4.79 Å². The molecule has 7 nitrogen and oxygen atoms in total. The number of nitrogens with zero attached hydrogens (tertiary/aromatic N) is 5. The molecule has 1 saturated heterocycles. The molecular formula is C27H29N5O2. The van der Waals surface area contributed by atoms with Crippen LogP contribution in [0.4, 0.5) is 0 Å². The number of allylic oxidation sites excluding steroid dienone is 1. The summed E-state index contributed by atoms with van der Waals surface area (Å²) in [4.78, 5) is 29.6. The number of piperidine rings is 1. The highest BCUT2D eigenvalue weighted by Crippen LogP contribution is 2.26. The summed E-state index contributed by atoms with van der Waals surface area (Å²) in [7, 11) is 3.67. The molecule has 2 aliphatic rings. The lowest BCUT2D eigenvalue weighted by molar-refractivity contribution is -0.134. The molecule has 0 aliphatic carbocycles. The fourth-order valence-electron chi connectivity index (χ4n) is 4.54. The van der Waals surface area contributed by atoms with E-state index in [0.717, 1.165) is 54.5 Å². The second kappa shape index (κ2) is 9.73. The molecule has 7 heteroatoms. The van der Waals surface area contributed by atoms with Crippen molar-refractivity contribution < 1.29 is 9.53 Å². The van der Waals surface area contributed by atoms with Gasteiger partial charge in [0.2, 0.25) is 11.8 Å². The van der Waals surface area contributed by atoms with Crippen LogP contribution in [0.3, 0.4) is 0 Å². The molecule has 0 spiro atoms. The van der Waals surface area contributed by atoms with Gasteiger partial charge in [-0.25, -0.2) is 4.98 Å². The Kier molecular flexibility index (Phi) is 6.36. The number of ether oxygens (including phenoxy) is 1. The van der Waals surface area contributed by atoms with Crippen molar-refractivity contribution in [1.29, 1.82) is 0 Å². The van der Waals surface area contributed by atoms with Crippen molar-refractivity contribution in [3.05, 3.63) is 66.0 Å². The summed E-state index contributed by atoms with van der Waals surface area (Å²) in [6, 6.07) is 12.0. The Balaban J connectivity index is 1.20. The zero-order chi connectivity index (χ0) is 23.5. The first-order valence-corrected chi connectivity index (χ1v) is 11.7. The highest BCUT2D eigenvalue weighted by atomic mass is 16.5. The highest BCUT2D eigenvalue weighted by molar-refractivity contribution is 5.89. The van der Waals surface area contributed by atoms with Crippen LogP contribution in [0, 0.1) is 5.92 Å². The standard InChI is InChI=1S/C27H29N5O2/c1-31(2)27(33)20-8-11-32(12-9-20)18-19-13-21-3-5-24(14-25(21)29-15-19)34-26-6-4-22(17-30-26)23-7-10-28-16-23/h3-7,10,13-15,17,20H,8-9,11-12,16,18H2,1-2H3. The van der Waals surface area contributed by atoms with Gasteiger partial charge in [0.05, 0.1) is 12.1 Å². The van der Waals surface area contributed by atoms with Crippen molar-refractivity contribution >= 4 is 28.6 Å². The number of aromatic nitrogens is 2. The summed E-state index contributed by atoms with van der Waals surface area (Å²) >= 11 is 0. The predicted octanol–water partition coefficient (Wildman–Crippen LogP) is 4.19. The van der Waals surface area contributed by atoms with Crippen LogP contribution in [0.5, 0.6) is 11.6 Å². The molecule has 174 valence electrons. The van der Waals surface area contributed by atoms with Gasteiger partial charge in [0.15, 0.2) is 0 Å². The third-order valence-electron chi connectivity index (χ3n) is 6.47. The SMILES string of the molecule is CN(C)C(=O)C1CCN(Cc2cnc3cc(Oc4ccc(C5=CC=NC5)cn4)ccc3c2)CC1. The molecule has 0 saturated carbocycles. The predicted molar refractivity (Wildman–Crippen MR) is 134 cm³/mol. The number of carbonyl (C=O) groups is 1. The minimum absolute atomic E-state index is 0.152. The molecule has 0 N–H and O–H groups in total. The highest BCUT2D eigenvalue weighted by Gasteiger charge is 2.26. The summed E-state index contributed by atoms with van der Waals surface area (Å²) in [6.07, 6.45) is 9.42. The molecule has 34 heavy (non-hydrogen) atoms. The van der Waals surface area contributed by atoms with Crippen LogP contribution >= 0.6 is 0 Å². The number of pyridine rings is 2. The molecule has 3 aromatic rings. The maximum absolute atomic E-state index is 12.2. The molecule has 4 heterocycles. The van der Waals surface area contributed by atoms with Crippen molar-refractivity contribution in [3.8, 4) is 11.6 Å². The van der Waals surface area contributed by atoms with Crippen LogP contribution in [0.25, 0.3) is 16.5 Å². The van der Waals surface area contributed by atoms with Gasteiger partial charge in [0.1, 0.15) is 5.75 Å². The van der Waals surface area contributed by atoms with Crippen molar-refractivity contribution in [2.45, 2.75) is 19.4 Å². The second-order valence-electron chi connectivity index (χ2n) is 9.15. The Morgan fingerprint density at radius 3 is 2.65 bits per heavy atom. The molecule has 1 amide bonds. The Bertz CT molecular complexity index is 1240. The first kappa shape index (κ1) is 22.2.